The third kappa shape index (κ3) is 8.37. The molecule has 3 aromatic carbocycles. The highest BCUT2D eigenvalue weighted by Gasteiger charge is 2.34. The average Bonchev–Trinajstić information content (AvgIpc) is 2.87. The van der Waals surface area contributed by atoms with E-state index in [1.54, 1.807) is 0 Å². The summed E-state index contributed by atoms with van der Waals surface area (Å²) in [6.45, 7) is 0.337. The molecule has 0 aliphatic rings. The fraction of sp³-hybridized carbons (Fsp3) is 0.333. The lowest BCUT2D eigenvalue weighted by atomic mass is 10.0. The van der Waals surface area contributed by atoms with E-state index in [1.165, 1.54) is 0 Å². The average molecular weight is 453 g/mol. The normalized spacial score (nSPS) is 15.0. The van der Waals surface area contributed by atoms with Crippen molar-refractivity contribution in [3.8, 4) is 0 Å². The van der Waals surface area contributed by atoms with E-state index in [2.05, 4.69) is 0 Å². The van der Waals surface area contributed by atoms with E-state index in [4.69, 9.17) is 14.2 Å². The fourth-order valence-corrected chi connectivity index (χ4v) is 3.41. The van der Waals surface area contributed by atoms with Crippen LogP contribution < -0.4 is 0 Å². The van der Waals surface area contributed by atoms with Gasteiger partial charge < -0.3 is 29.5 Å². The summed E-state index contributed by atoms with van der Waals surface area (Å²) >= 11 is 0. The maximum atomic E-state index is 11.1. The molecule has 0 spiro atoms. The number of hydrogen-bond donors (Lipinski definition) is 3. The molecule has 0 heterocycles. The SMILES string of the molecule is OC[C@H](O)[C@@H](OCc1ccccc1)[C@H](O)[C@@H](COCc1ccccc1)OCc1ccccc1. The molecule has 0 saturated carbocycles. The Hall–Kier alpha value is -2.58. The minimum absolute atomic E-state index is 0.0895. The number of aliphatic hydroxyl groups is 3. The topological polar surface area (TPSA) is 88.4 Å². The second kappa shape index (κ2) is 13.9. The van der Waals surface area contributed by atoms with Crippen molar-refractivity contribution in [1.29, 1.82) is 0 Å². The standard InChI is InChI=1S/C27H32O6/c28-16-24(29)27(33-19-23-14-8-3-9-15-23)26(30)25(32-18-22-12-6-2-7-13-22)20-31-17-21-10-4-1-5-11-21/h1-15,24-30H,16-20H2/t24-,25+,26+,27+/m0/s1. The zero-order chi connectivity index (χ0) is 23.3. The van der Waals surface area contributed by atoms with E-state index in [-0.39, 0.29) is 19.8 Å². The first-order valence-corrected chi connectivity index (χ1v) is 11.1. The first-order valence-electron chi connectivity index (χ1n) is 11.1. The zero-order valence-electron chi connectivity index (χ0n) is 18.6. The minimum atomic E-state index is -1.28. The van der Waals surface area contributed by atoms with Crippen LogP contribution in [0.1, 0.15) is 16.7 Å². The third-order valence-corrected chi connectivity index (χ3v) is 5.27. The Morgan fingerprint density at radius 3 is 1.55 bits per heavy atom. The minimum Gasteiger partial charge on any atom is -0.394 e. The van der Waals surface area contributed by atoms with Gasteiger partial charge in [0.1, 0.15) is 24.4 Å². The summed E-state index contributed by atoms with van der Waals surface area (Å²) in [7, 11) is 0. The van der Waals surface area contributed by atoms with Crippen LogP contribution in [0.25, 0.3) is 0 Å². The molecule has 3 aromatic rings. The van der Waals surface area contributed by atoms with Gasteiger partial charge in [-0.3, -0.25) is 0 Å². The predicted molar refractivity (Wildman–Crippen MR) is 125 cm³/mol. The van der Waals surface area contributed by atoms with Gasteiger partial charge in [0.15, 0.2) is 0 Å². The molecule has 0 saturated heterocycles. The van der Waals surface area contributed by atoms with Gasteiger partial charge in [0, 0.05) is 0 Å². The first kappa shape index (κ1) is 25.1. The molecule has 0 amide bonds. The van der Waals surface area contributed by atoms with E-state index in [1.807, 2.05) is 91.0 Å². The number of ether oxygens (including phenoxy) is 3. The second-order valence-corrected chi connectivity index (χ2v) is 7.84. The molecule has 176 valence electrons. The predicted octanol–water partition coefficient (Wildman–Crippen LogP) is 3.09. The molecule has 6 heteroatoms. The lowest BCUT2D eigenvalue weighted by molar-refractivity contribution is -0.173. The summed E-state index contributed by atoms with van der Waals surface area (Å²) in [5, 5.41) is 31.0. The number of aliphatic hydroxyl groups excluding tert-OH is 3. The lowest BCUT2D eigenvalue weighted by Crippen LogP contribution is -2.49. The number of rotatable bonds is 14. The van der Waals surface area contributed by atoms with Crippen molar-refractivity contribution < 1.29 is 29.5 Å². The van der Waals surface area contributed by atoms with Gasteiger partial charge in [-0.25, -0.2) is 0 Å². The van der Waals surface area contributed by atoms with Crippen LogP contribution in [0.2, 0.25) is 0 Å². The molecule has 0 radical (unpaired) electrons. The maximum absolute atomic E-state index is 11.1. The van der Waals surface area contributed by atoms with Crippen molar-refractivity contribution in [3.05, 3.63) is 108 Å². The smallest absolute Gasteiger partial charge is 0.115 e. The highest BCUT2D eigenvalue weighted by molar-refractivity contribution is 5.15. The van der Waals surface area contributed by atoms with Crippen molar-refractivity contribution in [2.75, 3.05) is 13.2 Å². The molecule has 0 aromatic heterocycles. The first-order chi connectivity index (χ1) is 16.2. The highest BCUT2D eigenvalue weighted by Crippen LogP contribution is 2.17. The molecule has 0 unspecified atom stereocenters. The van der Waals surface area contributed by atoms with Gasteiger partial charge >= 0.3 is 0 Å². The Labute approximate surface area is 195 Å². The fourth-order valence-electron chi connectivity index (χ4n) is 3.41. The molecule has 3 rings (SSSR count). The van der Waals surface area contributed by atoms with Crippen LogP contribution in [0.4, 0.5) is 0 Å². The van der Waals surface area contributed by atoms with Gasteiger partial charge in [-0.1, -0.05) is 91.0 Å². The van der Waals surface area contributed by atoms with E-state index in [9.17, 15) is 15.3 Å². The van der Waals surface area contributed by atoms with Gasteiger partial charge in [0.2, 0.25) is 0 Å². The van der Waals surface area contributed by atoms with E-state index in [0.717, 1.165) is 16.7 Å². The molecule has 0 aliphatic carbocycles. The maximum Gasteiger partial charge on any atom is 0.115 e. The molecule has 3 N–H and O–H groups in total. The monoisotopic (exact) mass is 452 g/mol. The van der Waals surface area contributed by atoms with Crippen molar-refractivity contribution in [2.45, 2.75) is 44.2 Å². The largest absolute Gasteiger partial charge is 0.394 e. The Bertz CT molecular complexity index is 890. The van der Waals surface area contributed by atoms with E-state index in [0.29, 0.717) is 6.61 Å². The van der Waals surface area contributed by atoms with E-state index >= 15 is 0 Å². The molecule has 33 heavy (non-hydrogen) atoms. The van der Waals surface area contributed by atoms with Gasteiger partial charge in [-0.15, -0.1) is 0 Å². The summed E-state index contributed by atoms with van der Waals surface area (Å²) in [6, 6.07) is 28.8. The second-order valence-electron chi connectivity index (χ2n) is 7.84. The van der Waals surface area contributed by atoms with Crippen molar-refractivity contribution in [1.82, 2.24) is 0 Å². The molecule has 0 aliphatic heterocycles. The summed E-state index contributed by atoms with van der Waals surface area (Å²) in [5.41, 5.74) is 2.84. The van der Waals surface area contributed by atoms with Crippen LogP contribution in [0.3, 0.4) is 0 Å². The number of benzene rings is 3. The number of hydrogen-bond acceptors (Lipinski definition) is 6. The Kier molecular flexibility index (Phi) is 10.5. The van der Waals surface area contributed by atoms with Gasteiger partial charge in [0.05, 0.1) is 33.0 Å². The summed E-state index contributed by atoms with van der Waals surface area (Å²) in [5.74, 6) is 0. The van der Waals surface area contributed by atoms with Crippen LogP contribution in [-0.2, 0) is 34.0 Å². The molecular formula is C27H32O6. The molecule has 0 fully saturated rings. The molecular weight excluding hydrogens is 420 g/mol. The molecule has 4 atom stereocenters. The molecule has 0 bridgehead atoms. The summed E-state index contributed by atoms with van der Waals surface area (Å²) < 4.78 is 17.7. The van der Waals surface area contributed by atoms with E-state index < -0.39 is 31.0 Å². The Morgan fingerprint density at radius 2 is 1.06 bits per heavy atom. The summed E-state index contributed by atoms with van der Waals surface area (Å²) in [4.78, 5) is 0. The van der Waals surface area contributed by atoms with Crippen LogP contribution in [0.15, 0.2) is 91.0 Å². The van der Waals surface area contributed by atoms with Crippen molar-refractivity contribution in [3.63, 3.8) is 0 Å². The lowest BCUT2D eigenvalue weighted by Gasteiger charge is -2.32. The van der Waals surface area contributed by atoms with Crippen LogP contribution in [-0.4, -0.2) is 52.9 Å². The van der Waals surface area contributed by atoms with Gasteiger partial charge in [-0.2, -0.15) is 0 Å². The summed E-state index contributed by atoms with van der Waals surface area (Å²) in [6.07, 6.45) is -4.34. The van der Waals surface area contributed by atoms with Gasteiger partial charge in [0.25, 0.3) is 0 Å². The van der Waals surface area contributed by atoms with Gasteiger partial charge in [-0.05, 0) is 16.7 Å². The molecule has 6 nitrogen and oxygen atoms in total. The highest BCUT2D eigenvalue weighted by atomic mass is 16.6. The Morgan fingerprint density at radius 1 is 0.606 bits per heavy atom. The van der Waals surface area contributed by atoms with Crippen molar-refractivity contribution >= 4 is 0 Å². The Balaban J connectivity index is 1.67. The van der Waals surface area contributed by atoms with Crippen LogP contribution in [0.5, 0.6) is 0 Å². The quantitative estimate of drug-likeness (QED) is 0.348. The van der Waals surface area contributed by atoms with Crippen LogP contribution in [0, 0.1) is 0 Å². The zero-order valence-corrected chi connectivity index (χ0v) is 18.6. The third-order valence-electron chi connectivity index (χ3n) is 5.27. The van der Waals surface area contributed by atoms with Crippen LogP contribution >= 0.6 is 0 Å². The van der Waals surface area contributed by atoms with Crippen molar-refractivity contribution in [2.24, 2.45) is 0 Å².